The molecule has 2 bridgehead atoms. The molecule has 2 atom stereocenters. The maximum Gasteiger partial charge on any atom is 0.284 e. The van der Waals surface area contributed by atoms with Crippen LogP contribution in [0.15, 0.2) is 28.7 Å². The van der Waals surface area contributed by atoms with E-state index in [0.29, 0.717) is 17.9 Å². The third-order valence-corrected chi connectivity index (χ3v) is 6.43. The van der Waals surface area contributed by atoms with Crippen molar-refractivity contribution in [3.05, 3.63) is 29.1 Å². The highest BCUT2D eigenvalue weighted by Crippen LogP contribution is 2.34. The second-order valence-electron chi connectivity index (χ2n) is 6.60. The fourth-order valence-electron chi connectivity index (χ4n) is 3.92. The van der Waals surface area contributed by atoms with E-state index in [1.807, 2.05) is 18.2 Å². The largest absolute Gasteiger partial charge is 0.468 e. The van der Waals surface area contributed by atoms with Crippen LogP contribution in [0.25, 0.3) is 10.6 Å². The third kappa shape index (κ3) is 2.74. The lowest BCUT2D eigenvalue weighted by molar-refractivity contribution is 0.0218. The summed E-state index contributed by atoms with van der Waals surface area (Å²) in [6.45, 7) is 4.56. The lowest BCUT2D eigenvalue weighted by Gasteiger charge is -2.49. The number of thiophene rings is 1. The van der Waals surface area contributed by atoms with Gasteiger partial charge in [0.25, 0.3) is 11.9 Å². The fraction of sp³-hybridized carbons (Fsp3) is 0.500. The Morgan fingerprint density at radius 3 is 2.75 bits per heavy atom. The highest BCUT2D eigenvalue weighted by molar-refractivity contribution is 7.17. The normalized spacial score (nSPS) is 28.8. The zero-order valence-corrected chi connectivity index (χ0v) is 14.8. The van der Waals surface area contributed by atoms with Crippen molar-refractivity contribution >= 4 is 17.2 Å². The summed E-state index contributed by atoms with van der Waals surface area (Å²) in [5, 5.41) is 3.27. The van der Waals surface area contributed by atoms with E-state index in [1.54, 1.807) is 13.2 Å². The van der Waals surface area contributed by atoms with Gasteiger partial charge < -0.3 is 14.5 Å². The first-order valence-electron chi connectivity index (χ1n) is 8.44. The molecule has 0 spiro atoms. The number of hydrogen-bond acceptors (Lipinski definition) is 5. The van der Waals surface area contributed by atoms with Gasteiger partial charge in [-0.25, -0.2) is 0 Å². The topological polar surface area (TPSA) is 54.7 Å². The Morgan fingerprint density at radius 2 is 2.08 bits per heavy atom. The van der Waals surface area contributed by atoms with Crippen molar-refractivity contribution in [1.29, 1.82) is 0 Å². The maximum absolute atomic E-state index is 12.7. The number of nitrogens with one attached hydrogen (secondary N) is 1. The summed E-state index contributed by atoms with van der Waals surface area (Å²) in [4.78, 5) is 16.8. The van der Waals surface area contributed by atoms with Gasteiger partial charge in [0.05, 0.1) is 16.9 Å². The number of piperidine rings is 3. The molecule has 3 aliphatic rings. The summed E-state index contributed by atoms with van der Waals surface area (Å²) in [6.07, 6.45) is 2.38. The molecule has 0 aromatic carbocycles. The molecular formula is C18H22N2O3S. The number of amides is 1. The van der Waals surface area contributed by atoms with Crippen LogP contribution in [0.4, 0.5) is 0 Å². The van der Waals surface area contributed by atoms with Crippen molar-refractivity contribution in [3.8, 4) is 16.6 Å². The van der Waals surface area contributed by atoms with Crippen LogP contribution in [0.3, 0.4) is 0 Å². The number of carbonyl (C=O) groups is 1. The maximum atomic E-state index is 12.7. The number of ether oxygens (including phenoxy) is 1. The molecule has 3 saturated heterocycles. The predicted molar refractivity (Wildman–Crippen MR) is 93.6 cm³/mol. The van der Waals surface area contributed by atoms with E-state index in [9.17, 15) is 4.79 Å². The minimum Gasteiger partial charge on any atom is -0.468 e. The number of methoxy groups -OCH3 is 1. The first kappa shape index (κ1) is 15.7. The molecule has 128 valence electrons. The minimum atomic E-state index is 0.0235. The standard InChI is InChI=1S/C18H22N2O3S/c1-11-17(12-7-9-20(11)10-8-12)19-18(21)15-5-4-14(24-15)13-3-6-16(22-2)23-13/h3-6,11-12,17H,7-10H2,1-2H3,(H,19,21)/t11-,17-/m0/s1. The fourth-order valence-corrected chi connectivity index (χ4v) is 4.79. The van der Waals surface area contributed by atoms with E-state index in [1.165, 1.54) is 37.3 Å². The third-order valence-electron chi connectivity index (χ3n) is 5.33. The molecule has 24 heavy (non-hydrogen) atoms. The molecule has 5 nitrogen and oxygen atoms in total. The van der Waals surface area contributed by atoms with Gasteiger partial charge in [-0.3, -0.25) is 9.69 Å². The van der Waals surface area contributed by atoms with E-state index in [2.05, 4.69) is 17.1 Å². The Morgan fingerprint density at radius 1 is 1.29 bits per heavy atom. The Labute approximate surface area is 145 Å². The Hall–Kier alpha value is -1.79. The van der Waals surface area contributed by atoms with Crippen molar-refractivity contribution in [2.45, 2.75) is 31.8 Å². The highest BCUT2D eigenvalue weighted by Gasteiger charge is 2.40. The van der Waals surface area contributed by atoms with Crippen molar-refractivity contribution in [2.75, 3.05) is 20.2 Å². The number of furan rings is 1. The van der Waals surface area contributed by atoms with Gasteiger partial charge >= 0.3 is 0 Å². The second kappa shape index (κ2) is 6.26. The van der Waals surface area contributed by atoms with E-state index in [-0.39, 0.29) is 11.9 Å². The average molecular weight is 346 g/mol. The molecule has 0 saturated carbocycles. The van der Waals surface area contributed by atoms with Crippen LogP contribution in [-0.2, 0) is 0 Å². The zero-order valence-electron chi connectivity index (χ0n) is 14.0. The summed E-state index contributed by atoms with van der Waals surface area (Å²) in [5.74, 6) is 1.84. The summed E-state index contributed by atoms with van der Waals surface area (Å²) in [5.41, 5.74) is 0. The summed E-state index contributed by atoms with van der Waals surface area (Å²) in [7, 11) is 1.57. The van der Waals surface area contributed by atoms with Crippen LogP contribution >= 0.6 is 11.3 Å². The molecule has 5 rings (SSSR count). The van der Waals surface area contributed by atoms with Crippen molar-refractivity contribution in [3.63, 3.8) is 0 Å². The van der Waals surface area contributed by atoms with Crippen LogP contribution in [0.1, 0.15) is 29.4 Å². The molecule has 6 heteroatoms. The SMILES string of the molecule is COc1ccc(-c2ccc(C(=O)N[C@@H]3C4CCN(CC4)[C@H]3C)s2)o1. The van der Waals surface area contributed by atoms with Crippen LogP contribution in [-0.4, -0.2) is 43.1 Å². The van der Waals surface area contributed by atoms with Gasteiger partial charge in [-0.05, 0) is 57.0 Å². The van der Waals surface area contributed by atoms with Crippen LogP contribution in [0.2, 0.25) is 0 Å². The second-order valence-corrected chi connectivity index (χ2v) is 7.68. The van der Waals surface area contributed by atoms with E-state index >= 15 is 0 Å². The van der Waals surface area contributed by atoms with Gasteiger partial charge in [0, 0.05) is 18.2 Å². The summed E-state index contributed by atoms with van der Waals surface area (Å²) < 4.78 is 10.6. The van der Waals surface area contributed by atoms with Crippen molar-refractivity contribution < 1.29 is 13.9 Å². The Kier molecular flexibility index (Phi) is 4.10. The molecule has 1 N–H and O–H groups in total. The molecule has 3 aliphatic heterocycles. The summed E-state index contributed by atoms with van der Waals surface area (Å²) in [6, 6.07) is 8.13. The molecule has 0 radical (unpaired) electrons. The average Bonchev–Trinajstić information content (AvgIpc) is 3.27. The van der Waals surface area contributed by atoms with Crippen molar-refractivity contribution in [1.82, 2.24) is 10.2 Å². The molecule has 1 amide bonds. The van der Waals surface area contributed by atoms with E-state index in [4.69, 9.17) is 9.15 Å². The quantitative estimate of drug-likeness (QED) is 0.923. The molecule has 0 aliphatic carbocycles. The van der Waals surface area contributed by atoms with Gasteiger partial charge in [-0.15, -0.1) is 11.3 Å². The number of fused-ring (bicyclic) bond motifs is 3. The minimum absolute atomic E-state index is 0.0235. The monoisotopic (exact) mass is 346 g/mol. The lowest BCUT2D eigenvalue weighted by Crippen LogP contribution is -2.62. The van der Waals surface area contributed by atoms with Gasteiger partial charge in [-0.1, -0.05) is 0 Å². The van der Waals surface area contributed by atoms with Crippen LogP contribution in [0, 0.1) is 5.92 Å². The molecule has 5 heterocycles. The number of nitrogens with zero attached hydrogens (tertiary/aromatic N) is 1. The van der Waals surface area contributed by atoms with Crippen LogP contribution < -0.4 is 10.1 Å². The van der Waals surface area contributed by atoms with E-state index in [0.717, 1.165) is 15.5 Å². The van der Waals surface area contributed by atoms with Gasteiger partial charge in [0.15, 0.2) is 0 Å². The zero-order chi connectivity index (χ0) is 16.7. The smallest absolute Gasteiger partial charge is 0.284 e. The first-order chi connectivity index (χ1) is 11.7. The van der Waals surface area contributed by atoms with E-state index < -0.39 is 0 Å². The number of rotatable bonds is 4. The Bertz CT molecular complexity index is 728. The molecule has 3 fully saturated rings. The molecule has 2 aromatic rings. The molecule has 2 aromatic heterocycles. The summed E-state index contributed by atoms with van der Waals surface area (Å²) >= 11 is 1.45. The Balaban J connectivity index is 1.47. The van der Waals surface area contributed by atoms with Gasteiger partial charge in [-0.2, -0.15) is 0 Å². The first-order valence-corrected chi connectivity index (χ1v) is 9.26. The molecular weight excluding hydrogens is 324 g/mol. The number of hydrogen-bond donors (Lipinski definition) is 1. The lowest BCUT2D eigenvalue weighted by atomic mass is 9.79. The van der Waals surface area contributed by atoms with Gasteiger partial charge in [0.2, 0.25) is 0 Å². The van der Waals surface area contributed by atoms with Gasteiger partial charge in [0.1, 0.15) is 5.76 Å². The molecule has 0 unspecified atom stereocenters. The van der Waals surface area contributed by atoms with Crippen LogP contribution in [0.5, 0.6) is 5.95 Å². The predicted octanol–water partition coefficient (Wildman–Crippen LogP) is 3.23. The highest BCUT2D eigenvalue weighted by atomic mass is 32.1. The number of carbonyl (C=O) groups excluding carboxylic acids is 1. The van der Waals surface area contributed by atoms with Crippen molar-refractivity contribution in [2.24, 2.45) is 5.92 Å².